The minimum absolute atomic E-state index is 0.759. The molecular formula is C14H15N3. The summed E-state index contributed by atoms with van der Waals surface area (Å²) in [7, 11) is 0. The molecule has 1 heterocycles. The van der Waals surface area contributed by atoms with Crippen LogP contribution in [-0.4, -0.2) is 11.2 Å². The van der Waals surface area contributed by atoms with E-state index in [4.69, 9.17) is 0 Å². The molecule has 0 aliphatic carbocycles. The molecule has 1 aromatic carbocycles. The zero-order valence-corrected chi connectivity index (χ0v) is 9.80. The summed E-state index contributed by atoms with van der Waals surface area (Å²) >= 11 is 0. The van der Waals surface area contributed by atoms with Crippen LogP contribution in [0.2, 0.25) is 0 Å². The first-order chi connectivity index (χ1) is 8.38. The normalized spacial score (nSPS) is 10.6. The Labute approximate surface area is 101 Å². The standard InChI is InChI=1S/C14H15N3/c1-2-12-8-9-14(15-10-12)17-16-11-13-6-4-3-5-7-13/h3-11H,2H2,1H3,(H,15,17)/b16-11+. The lowest BCUT2D eigenvalue weighted by Gasteiger charge is -2.00. The predicted molar refractivity (Wildman–Crippen MR) is 71.3 cm³/mol. The summed E-state index contributed by atoms with van der Waals surface area (Å²) in [6.45, 7) is 2.11. The van der Waals surface area contributed by atoms with Crippen LogP contribution in [0.4, 0.5) is 5.82 Å². The van der Waals surface area contributed by atoms with E-state index in [-0.39, 0.29) is 0 Å². The number of rotatable bonds is 4. The molecule has 0 saturated carbocycles. The highest BCUT2D eigenvalue weighted by atomic mass is 15.3. The molecule has 0 unspecified atom stereocenters. The number of nitrogens with zero attached hydrogens (tertiary/aromatic N) is 2. The van der Waals surface area contributed by atoms with Gasteiger partial charge in [0.05, 0.1) is 6.21 Å². The molecule has 0 spiro atoms. The predicted octanol–water partition coefficient (Wildman–Crippen LogP) is 3.09. The highest BCUT2D eigenvalue weighted by molar-refractivity contribution is 5.79. The summed E-state index contributed by atoms with van der Waals surface area (Å²) in [5.74, 6) is 0.759. The van der Waals surface area contributed by atoms with Gasteiger partial charge < -0.3 is 0 Å². The lowest BCUT2D eigenvalue weighted by molar-refractivity contribution is 1.10. The second-order valence-electron chi connectivity index (χ2n) is 3.69. The van der Waals surface area contributed by atoms with Crippen LogP contribution < -0.4 is 5.43 Å². The molecule has 0 aliphatic rings. The number of hydrogen-bond acceptors (Lipinski definition) is 3. The molecule has 0 saturated heterocycles. The molecule has 0 bridgehead atoms. The molecule has 1 aromatic heterocycles. The van der Waals surface area contributed by atoms with Crippen molar-refractivity contribution in [2.24, 2.45) is 5.10 Å². The Hall–Kier alpha value is -2.16. The summed E-state index contributed by atoms with van der Waals surface area (Å²) in [6.07, 6.45) is 4.64. The molecule has 3 heteroatoms. The molecule has 3 nitrogen and oxygen atoms in total. The van der Waals surface area contributed by atoms with Crippen LogP contribution in [0.3, 0.4) is 0 Å². The molecule has 86 valence electrons. The topological polar surface area (TPSA) is 37.3 Å². The van der Waals surface area contributed by atoms with E-state index in [1.807, 2.05) is 48.7 Å². The third kappa shape index (κ3) is 3.41. The fraction of sp³-hybridized carbons (Fsp3) is 0.143. The number of aromatic nitrogens is 1. The first-order valence-corrected chi connectivity index (χ1v) is 5.67. The molecule has 0 aliphatic heterocycles. The van der Waals surface area contributed by atoms with Crippen molar-refractivity contribution in [2.75, 3.05) is 5.43 Å². The van der Waals surface area contributed by atoms with Crippen LogP contribution in [-0.2, 0) is 6.42 Å². The van der Waals surface area contributed by atoms with Gasteiger partial charge in [0.25, 0.3) is 0 Å². The second kappa shape index (κ2) is 5.80. The van der Waals surface area contributed by atoms with Gasteiger partial charge in [0, 0.05) is 6.20 Å². The molecule has 2 aromatic rings. The summed E-state index contributed by atoms with van der Waals surface area (Å²) < 4.78 is 0. The average Bonchev–Trinajstić information content (AvgIpc) is 2.41. The molecular weight excluding hydrogens is 210 g/mol. The summed E-state index contributed by atoms with van der Waals surface area (Å²) in [6, 6.07) is 13.9. The molecule has 1 N–H and O–H groups in total. The van der Waals surface area contributed by atoms with E-state index in [1.54, 1.807) is 6.21 Å². The SMILES string of the molecule is CCc1ccc(N/N=C/c2ccccc2)nc1. The maximum absolute atomic E-state index is 4.26. The molecule has 0 radical (unpaired) electrons. The van der Waals surface area contributed by atoms with Crippen molar-refractivity contribution >= 4 is 12.0 Å². The van der Waals surface area contributed by atoms with Gasteiger partial charge in [-0.25, -0.2) is 4.98 Å². The van der Waals surface area contributed by atoms with E-state index in [1.165, 1.54) is 5.56 Å². The van der Waals surface area contributed by atoms with Crippen molar-refractivity contribution < 1.29 is 0 Å². The molecule has 0 atom stereocenters. The number of aryl methyl sites for hydroxylation is 1. The fourth-order valence-electron chi connectivity index (χ4n) is 1.41. The van der Waals surface area contributed by atoms with Gasteiger partial charge in [0.1, 0.15) is 5.82 Å². The van der Waals surface area contributed by atoms with E-state index in [9.17, 15) is 0 Å². The third-order valence-electron chi connectivity index (χ3n) is 2.43. The Balaban J connectivity index is 1.95. The Kier molecular flexibility index (Phi) is 3.86. The molecule has 2 rings (SSSR count). The van der Waals surface area contributed by atoms with Crippen LogP contribution in [0.25, 0.3) is 0 Å². The van der Waals surface area contributed by atoms with E-state index >= 15 is 0 Å². The van der Waals surface area contributed by atoms with Crippen LogP contribution in [0, 0.1) is 0 Å². The van der Waals surface area contributed by atoms with Gasteiger partial charge in [-0.05, 0) is 23.6 Å². The average molecular weight is 225 g/mol. The van der Waals surface area contributed by atoms with Gasteiger partial charge >= 0.3 is 0 Å². The van der Waals surface area contributed by atoms with Gasteiger partial charge in [-0.3, -0.25) is 5.43 Å². The van der Waals surface area contributed by atoms with E-state index in [0.29, 0.717) is 0 Å². The minimum Gasteiger partial charge on any atom is -0.261 e. The lowest BCUT2D eigenvalue weighted by atomic mass is 10.2. The lowest BCUT2D eigenvalue weighted by Crippen LogP contribution is -1.93. The fourth-order valence-corrected chi connectivity index (χ4v) is 1.41. The van der Waals surface area contributed by atoms with Crippen molar-refractivity contribution in [2.45, 2.75) is 13.3 Å². The van der Waals surface area contributed by atoms with Crippen LogP contribution in [0.1, 0.15) is 18.1 Å². The number of benzene rings is 1. The Morgan fingerprint density at radius 2 is 2.00 bits per heavy atom. The molecule has 0 amide bonds. The van der Waals surface area contributed by atoms with Crippen LogP contribution in [0.5, 0.6) is 0 Å². The Bertz CT molecular complexity index is 475. The van der Waals surface area contributed by atoms with Crippen molar-refractivity contribution in [3.8, 4) is 0 Å². The number of anilines is 1. The Morgan fingerprint density at radius 3 is 2.65 bits per heavy atom. The van der Waals surface area contributed by atoms with Crippen molar-refractivity contribution in [3.63, 3.8) is 0 Å². The van der Waals surface area contributed by atoms with E-state index in [0.717, 1.165) is 17.8 Å². The first kappa shape index (κ1) is 11.3. The highest BCUT2D eigenvalue weighted by Gasteiger charge is 1.91. The zero-order chi connectivity index (χ0) is 11.9. The van der Waals surface area contributed by atoms with Crippen LogP contribution in [0.15, 0.2) is 53.8 Å². The summed E-state index contributed by atoms with van der Waals surface area (Å²) in [5.41, 5.74) is 5.19. The zero-order valence-electron chi connectivity index (χ0n) is 9.80. The summed E-state index contributed by atoms with van der Waals surface area (Å²) in [4.78, 5) is 4.26. The van der Waals surface area contributed by atoms with Gasteiger partial charge in [0.2, 0.25) is 0 Å². The van der Waals surface area contributed by atoms with E-state index in [2.05, 4.69) is 22.4 Å². The Morgan fingerprint density at radius 1 is 1.18 bits per heavy atom. The maximum atomic E-state index is 4.26. The first-order valence-electron chi connectivity index (χ1n) is 5.67. The van der Waals surface area contributed by atoms with Crippen molar-refractivity contribution in [3.05, 3.63) is 59.8 Å². The van der Waals surface area contributed by atoms with Crippen molar-refractivity contribution in [1.82, 2.24) is 4.98 Å². The summed E-state index contributed by atoms with van der Waals surface area (Å²) in [5, 5.41) is 4.13. The number of hydrazone groups is 1. The van der Waals surface area contributed by atoms with Gasteiger partial charge in [-0.15, -0.1) is 0 Å². The molecule has 0 fully saturated rings. The number of nitrogens with one attached hydrogen (secondary N) is 1. The monoisotopic (exact) mass is 225 g/mol. The molecule has 17 heavy (non-hydrogen) atoms. The second-order valence-corrected chi connectivity index (χ2v) is 3.69. The van der Waals surface area contributed by atoms with Crippen LogP contribution >= 0.6 is 0 Å². The third-order valence-corrected chi connectivity index (χ3v) is 2.43. The highest BCUT2D eigenvalue weighted by Crippen LogP contribution is 2.05. The van der Waals surface area contributed by atoms with E-state index < -0.39 is 0 Å². The minimum atomic E-state index is 0.759. The largest absolute Gasteiger partial charge is 0.261 e. The quantitative estimate of drug-likeness (QED) is 0.641. The maximum Gasteiger partial charge on any atom is 0.146 e. The smallest absolute Gasteiger partial charge is 0.146 e. The van der Waals surface area contributed by atoms with Crippen molar-refractivity contribution in [1.29, 1.82) is 0 Å². The number of hydrogen-bond donors (Lipinski definition) is 1. The van der Waals surface area contributed by atoms with Gasteiger partial charge in [-0.2, -0.15) is 5.10 Å². The number of pyridine rings is 1. The van der Waals surface area contributed by atoms with Gasteiger partial charge in [0.15, 0.2) is 0 Å². The van der Waals surface area contributed by atoms with Gasteiger partial charge in [-0.1, -0.05) is 43.3 Å².